The summed E-state index contributed by atoms with van der Waals surface area (Å²) in [6, 6.07) is 0. The first kappa shape index (κ1) is 13.2. The van der Waals surface area contributed by atoms with E-state index in [1.54, 1.807) is 27.7 Å². The maximum Gasteiger partial charge on any atom is 0.404 e. The smallest absolute Gasteiger partial charge is 0.404 e. The van der Waals surface area contributed by atoms with Crippen molar-refractivity contribution in [2.75, 3.05) is 0 Å². The Bertz CT molecular complexity index is 219. The second-order valence-corrected chi connectivity index (χ2v) is 4.27. The first-order chi connectivity index (χ1) is 6.20. The molecule has 0 fully saturated rings. The predicted molar refractivity (Wildman–Crippen MR) is 52.3 cm³/mol. The molecule has 0 radical (unpaired) electrons. The van der Waals surface area contributed by atoms with Crippen molar-refractivity contribution in [2.45, 2.75) is 45.8 Å². The van der Waals surface area contributed by atoms with Gasteiger partial charge in [0.05, 0.1) is 6.42 Å². The SMILES string of the molecule is C[C@@H](CC(=O)OC(C)(C)C)OC(=O)Cl. The summed E-state index contributed by atoms with van der Waals surface area (Å²) in [6.45, 7) is 6.87. The molecule has 0 aliphatic carbocycles. The van der Waals surface area contributed by atoms with Crippen molar-refractivity contribution in [2.24, 2.45) is 0 Å². The summed E-state index contributed by atoms with van der Waals surface area (Å²) in [4.78, 5) is 21.5. The fourth-order valence-corrected chi connectivity index (χ4v) is 0.970. The van der Waals surface area contributed by atoms with Gasteiger partial charge in [-0.2, -0.15) is 0 Å². The molecule has 0 aromatic rings. The molecule has 0 aliphatic heterocycles. The van der Waals surface area contributed by atoms with E-state index in [9.17, 15) is 9.59 Å². The van der Waals surface area contributed by atoms with Crippen LogP contribution >= 0.6 is 11.6 Å². The van der Waals surface area contributed by atoms with Crippen LogP contribution in [0, 0.1) is 0 Å². The zero-order valence-electron chi connectivity index (χ0n) is 8.80. The van der Waals surface area contributed by atoms with Crippen molar-refractivity contribution in [3.8, 4) is 0 Å². The topological polar surface area (TPSA) is 52.6 Å². The van der Waals surface area contributed by atoms with Crippen LogP contribution in [-0.2, 0) is 14.3 Å². The molecule has 14 heavy (non-hydrogen) atoms. The molecule has 0 spiro atoms. The first-order valence-corrected chi connectivity index (χ1v) is 4.66. The van der Waals surface area contributed by atoms with E-state index >= 15 is 0 Å². The van der Waals surface area contributed by atoms with Gasteiger partial charge in [0, 0.05) is 11.6 Å². The molecule has 0 amide bonds. The molecule has 82 valence electrons. The van der Waals surface area contributed by atoms with Crippen LogP contribution in [0.4, 0.5) is 4.79 Å². The number of rotatable bonds is 3. The van der Waals surface area contributed by atoms with Crippen LogP contribution in [0.2, 0.25) is 0 Å². The van der Waals surface area contributed by atoms with Crippen molar-refractivity contribution in [3.63, 3.8) is 0 Å². The zero-order valence-corrected chi connectivity index (χ0v) is 9.55. The molecule has 0 N–H and O–H groups in total. The predicted octanol–water partition coefficient (Wildman–Crippen LogP) is 2.48. The van der Waals surface area contributed by atoms with Crippen LogP contribution in [0.5, 0.6) is 0 Å². The molecule has 0 aromatic heterocycles. The normalized spacial score (nSPS) is 13.2. The third-order valence-corrected chi connectivity index (χ3v) is 1.26. The van der Waals surface area contributed by atoms with Crippen molar-refractivity contribution in [3.05, 3.63) is 0 Å². The van der Waals surface area contributed by atoms with Crippen LogP contribution in [0.1, 0.15) is 34.1 Å². The van der Waals surface area contributed by atoms with E-state index < -0.39 is 23.1 Å². The van der Waals surface area contributed by atoms with Gasteiger partial charge in [-0.25, -0.2) is 4.79 Å². The van der Waals surface area contributed by atoms with Crippen molar-refractivity contribution in [1.82, 2.24) is 0 Å². The fraction of sp³-hybridized carbons (Fsp3) is 0.778. The Labute approximate surface area is 88.5 Å². The van der Waals surface area contributed by atoms with Crippen molar-refractivity contribution in [1.29, 1.82) is 0 Å². The van der Waals surface area contributed by atoms with Crippen molar-refractivity contribution < 1.29 is 19.1 Å². The van der Waals surface area contributed by atoms with E-state index in [1.165, 1.54) is 0 Å². The Morgan fingerprint density at radius 2 is 1.86 bits per heavy atom. The van der Waals surface area contributed by atoms with Crippen LogP contribution < -0.4 is 0 Å². The van der Waals surface area contributed by atoms with Crippen LogP contribution in [0.15, 0.2) is 0 Å². The second kappa shape index (κ2) is 5.20. The van der Waals surface area contributed by atoms with Gasteiger partial charge in [0.1, 0.15) is 11.7 Å². The minimum Gasteiger partial charge on any atom is -0.460 e. The highest BCUT2D eigenvalue weighted by molar-refractivity contribution is 6.61. The van der Waals surface area contributed by atoms with E-state index in [-0.39, 0.29) is 6.42 Å². The van der Waals surface area contributed by atoms with Gasteiger partial charge in [0.25, 0.3) is 0 Å². The summed E-state index contributed by atoms with van der Waals surface area (Å²) in [5.41, 5.74) is -1.44. The molecule has 0 saturated carbocycles. The molecule has 0 aliphatic rings. The third kappa shape index (κ3) is 7.86. The highest BCUT2D eigenvalue weighted by Crippen LogP contribution is 2.10. The summed E-state index contributed by atoms with van der Waals surface area (Å²) >= 11 is 4.98. The molecular weight excluding hydrogens is 208 g/mol. The Balaban J connectivity index is 3.89. The monoisotopic (exact) mass is 222 g/mol. The summed E-state index contributed by atoms with van der Waals surface area (Å²) < 4.78 is 9.58. The average molecular weight is 223 g/mol. The number of carbonyl (C=O) groups is 2. The van der Waals surface area contributed by atoms with Crippen LogP contribution in [-0.4, -0.2) is 23.1 Å². The number of hydrogen-bond acceptors (Lipinski definition) is 4. The number of esters is 1. The molecule has 1 atom stereocenters. The van der Waals surface area contributed by atoms with Gasteiger partial charge < -0.3 is 9.47 Å². The molecule has 0 bridgehead atoms. The Hall–Kier alpha value is -0.770. The first-order valence-electron chi connectivity index (χ1n) is 4.28. The quantitative estimate of drug-likeness (QED) is 0.544. The molecular formula is C9H15ClO4. The van der Waals surface area contributed by atoms with E-state index in [4.69, 9.17) is 16.3 Å². The average Bonchev–Trinajstić information content (AvgIpc) is 1.77. The third-order valence-electron chi connectivity index (χ3n) is 1.17. The Kier molecular flexibility index (Phi) is 4.91. The maximum atomic E-state index is 11.2. The summed E-state index contributed by atoms with van der Waals surface area (Å²) in [7, 11) is 0. The van der Waals surface area contributed by atoms with Gasteiger partial charge in [0.15, 0.2) is 0 Å². The molecule has 0 aromatic carbocycles. The maximum absolute atomic E-state index is 11.2. The Morgan fingerprint density at radius 1 is 1.36 bits per heavy atom. The van der Waals surface area contributed by atoms with Crippen LogP contribution in [0.25, 0.3) is 0 Å². The minimum absolute atomic E-state index is 0.00965. The Morgan fingerprint density at radius 3 is 2.21 bits per heavy atom. The molecule has 0 saturated heterocycles. The fourth-order valence-electron chi connectivity index (χ4n) is 0.818. The van der Waals surface area contributed by atoms with Gasteiger partial charge in [-0.05, 0) is 27.7 Å². The number of carbonyl (C=O) groups excluding carboxylic acids is 2. The lowest BCUT2D eigenvalue weighted by Crippen LogP contribution is -2.26. The standard InChI is InChI=1S/C9H15ClO4/c1-6(13-8(10)12)5-7(11)14-9(2,3)4/h6H,5H2,1-4H3/t6-/m0/s1. The van der Waals surface area contributed by atoms with Gasteiger partial charge in [-0.15, -0.1) is 0 Å². The van der Waals surface area contributed by atoms with Gasteiger partial charge in [0.2, 0.25) is 0 Å². The summed E-state index contributed by atoms with van der Waals surface area (Å²) in [5, 5.41) is 0. The molecule has 5 heteroatoms. The van der Waals surface area contributed by atoms with E-state index in [1.807, 2.05) is 0 Å². The zero-order chi connectivity index (χ0) is 11.4. The number of hydrogen-bond donors (Lipinski definition) is 0. The lowest BCUT2D eigenvalue weighted by molar-refractivity contribution is -0.156. The summed E-state index contributed by atoms with van der Waals surface area (Å²) in [6.07, 6.45) is -0.551. The van der Waals surface area contributed by atoms with Gasteiger partial charge in [-0.1, -0.05) is 0 Å². The van der Waals surface area contributed by atoms with E-state index in [0.717, 1.165) is 0 Å². The minimum atomic E-state index is -0.916. The van der Waals surface area contributed by atoms with Crippen LogP contribution in [0.3, 0.4) is 0 Å². The largest absolute Gasteiger partial charge is 0.460 e. The second-order valence-electron chi connectivity index (χ2n) is 3.96. The highest BCUT2D eigenvalue weighted by Gasteiger charge is 2.19. The lowest BCUT2D eigenvalue weighted by atomic mass is 10.2. The molecule has 0 rings (SSSR count). The number of halogens is 1. The summed E-state index contributed by atoms with van der Waals surface area (Å²) in [5.74, 6) is -0.414. The van der Waals surface area contributed by atoms with Gasteiger partial charge in [-0.3, -0.25) is 4.79 Å². The highest BCUT2D eigenvalue weighted by atomic mass is 35.5. The molecule has 4 nitrogen and oxygen atoms in total. The van der Waals surface area contributed by atoms with E-state index in [2.05, 4.69) is 4.74 Å². The molecule has 0 unspecified atom stereocenters. The molecule has 0 heterocycles. The van der Waals surface area contributed by atoms with E-state index in [0.29, 0.717) is 0 Å². The lowest BCUT2D eigenvalue weighted by Gasteiger charge is -2.20. The number of ether oxygens (including phenoxy) is 2. The van der Waals surface area contributed by atoms with Crippen molar-refractivity contribution >= 4 is 23.0 Å². The van der Waals surface area contributed by atoms with Gasteiger partial charge >= 0.3 is 11.4 Å².